The van der Waals surface area contributed by atoms with E-state index in [-0.39, 0.29) is 10.9 Å². The Morgan fingerprint density at radius 1 is 1.19 bits per heavy atom. The van der Waals surface area contributed by atoms with Crippen molar-refractivity contribution in [3.05, 3.63) is 11.4 Å². The molecule has 0 unspecified atom stereocenters. The minimum atomic E-state index is -3.64. The van der Waals surface area contributed by atoms with Gasteiger partial charge in [0.25, 0.3) is 0 Å². The standard InChI is InChI=1S/C11H20N4O4S2/c1-8-11(9(2)13-12-8)21(18,19)14-10-4-6-15(7-5-10)20(3,16)17/h10,14H,4-7H2,1-3H3,(H,12,13). The van der Waals surface area contributed by atoms with E-state index >= 15 is 0 Å². The van der Waals surface area contributed by atoms with E-state index in [0.29, 0.717) is 37.3 Å². The highest BCUT2D eigenvalue weighted by Crippen LogP contribution is 2.20. The van der Waals surface area contributed by atoms with Crippen LogP contribution in [-0.2, 0) is 20.0 Å². The normalized spacial score (nSPS) is 19.0. The van der Waals surface area contributed by atoms with Crippen LogP contribution in [0.4, 0.5) is 0 Å². The first-order valence-corrected chi connectivity index (χ1v) is 9.93. The minimum absolute atomic E-state index is 0.174. The summed E-state index contributed by atoms with van der Waals surface area (Å²) < 4.78 is 51.6. The van der Waals surface area contributed by atoms with E-state index in [1.54, 1.807) is 13.8 Å². The molecule has 1 saturated heterocycles. The second kappa shape index (κ2) is 5.67. The number of aromatic nitrogens is 2. The Bertz CT molecular complexity index is 696. The lowest BCUT2D eigenvalue weighted by molar-refractivity contribution is 0.310. The third kappa shape index (κ3) is 3.62. The molecule has 21 heavy (non-hydrogen) atoms. The van der Waals surface area contributed by atoms with E-state index in [4.69, 9.17) is 0 Å². The summed E-state index contributed by atoms with van der Waals surface area (Å²) >= 11 is 0. The van der Waals surface area contributed by atoms with Gasteiger partial charge in [-0.05, 0) is 26.7 Å². The molecule has 8 nitrogen and oxygen atoms in total. The number of hydrogen-bond donors (Lipinski definition) is 2. The van der Waals surface area contributed by atoms with Crippen LogP contribution in [0.2, 0.25) is 0 Å². The van der Waals surface area contributed by atoms with Crippen molar-refractivity contribution in [2.24, 2.45) is 0 Å². The Kier molecular flexibility index (Phi) is 4.43. The third-order valence-corrected chi connectivity index (χ3v) is 6.66. The molecule has 1 aliphatic rings. The summed E-state index contributed by atoms with van der Waals surface area (Å²) in [5.41, 5.74) is 0.919. The summed E-state index contributed by atoms with van der Waals surface area (Å²) in [6, 6.07) is -0.262. The predicted molar refractivity (Wildman–Crippen MR) is 77.8 cm³/mol. The monoisotopic (exact) mass is 336 g/mol. The van der Waals surface area contributed by atoms with E-state index in [0.717, 1.165) is 6.26 Å². The van der Waals surface area contributed by atoms with E-state index in [1.165, 1.54) is 4.31 Å². The molecular weight excluding hydrogens is 316 g/mol. The summed E-state index contributed by atoms with van der Waals surface area (Å²) in [5, 5.41) is 6.54. The molecule has 2 heterocycles. The van der Waals surface area contributed by atoms with Gasteiger partial charge in [0.2, 0.25) is 20.0 Å². The van der Waals surface area contributed by atoms with Crippen LogP contribution < -0.4 is 4.72 Å². The highest BCUT2D eigenvalue weighted by atomic mass is 32.2. The maximum Gasteiger partial charge on any atom is 0.244 e. The van der Waals surface area contributed by atoms with E-state index in [1.807, 2.05) is 0 Å². The number of nitrogens with zero attached hydrogens (tertiary/aromatic N) is 2. The van der Waals surface area contributed by atoms with Gasteiger partial charge in [0.1, 0.15) is 4.90 Å². The van der Waals surface area contributed by atoms with Gasteiger partial charge in [0.15, 0.2) is 0 Å². The molecule has 0 saturated carbocycles. The topological polar surface area (TPSA) is 112 Å². The fourth-order valence-electron chi connectivity index (χ4n) is 2.52. The summed E-state index contributed by atoms with van der Waals surface area (Å²) in [4.78, 5) is 0.174. The SMILES string of the molecule is Cc1n[nH]c(C)c1S(=O)(=O)NC1CCN(S(C)(=O)=O)CC1. The Morgan fingerprint density at radius 2 is 1.76 bits per heavy atom. The van der Waals surface area contributed by atoms with Crippen LogP contribution in [0.15, 0.2) is 4.90 Å². The number of hydrogen-bond acceptors (Lipinski definition) is 5. The number of aryl methyl sites for hydroxylation is 2. The van der Waals surface area contributed by atoms with Gasteiger partial charge in [0.05, 0.1) is 17.6 Å². The molecule has 1 aliphatic heterocycles. The summed E-state index contributed by atoms with van der Waals surface area (Å²) in [5.74, 6) is 0. The average Bonchev–Trinajstić information content (AvgIpc) is 2.68. The second-order valence-corrected chi connectivity index (χ2v) is 8.95. The fraction of sp³-hybridized carbons (Fsp3) is 0.727. The Labute approximate surface area is 125 Å². The lowest BCUT2D eigenvalue weighted by Gasteiger charge is -2.30. The first-order valence-electron chi connectivity index (χ1n) is 6.60. The smallest absolute Gasteiger partial charge is 0.244 e. The quantitative estimate of drug-likeness (QED) is 0.786. The molecular formula is C11H20N4O4S2. The van der Waals surface area contributed by atoms with Gasteiger partial charge < -0.3 is 0 Å². The zero-order chi connectivity index (χ0) is 15.8. The fourth-order valence-corrected chi connectivity index (χ4v) is 5.07. The van der Waals surface area contributed by atoms with Crippen LogP contribution in [0.25, 0.3) is 0 Å². The molecule has 0 radical (unpaired) electrons. The van der Waals surface area contributed by atoms with Crippen molar-refractivity contribution in [3.63, 3.8) is 0 Å². The van der Waals surface area contributed by atoms with Crippen LogP contribution in [0.1, 0.15) is 24.2 Å². The van der Waals surface area contributed by atoms with E-state index < -0.39 is 20.0 Å². The zero-order valence-corrected chi connectivity index (χ0v) is 13.9. The van der Waals surface area contributed by atoms with Gasteiger partial charge >= 0.3 is 0 Å². The van der Waals surface area contributed by atoms with E-state index in [9.17, 15) is 16.8 Å². The molecule has 2 N–H and O–H groups in total. The predicted octanol–water partition coefficient (Wildman–Crippen LogP) is -0.271. The highest BCUT2D eigenvalue weighted by molar-refractivity contribution is 7.89. The van der Waals surface area contributed by atoms with Crippen LogP contribution in [0.3, 0.4) is 0 Å². The second-order valence-electron chi connectivity index (χ2n) is 5.32. The van der Waals surface area contributed by atoms with Crippen LogP contribution in [0, 0.1) is 13.8 Å². The number of H-pyrrole nitrogens is 1. The van der Waals surface area contributed by atoms with Gasteiger partial charge in [-0.2, -0.15) is 5.10 Å². The average molecular weight is 336 g/mol. The van der Waals surface area contributed by atoms with Crippen molar-refractivity contribution in [1.29, 1.82) is 0 Å². The number of rotatable bonds is 4. The number of aromatic amines is 1. The van der Waals surface area contributed by atoms with Gasteiger partial charge in [-0.3, -0.25) is 5.10 Å². The van der Waals surface area contributed by atoms with E-state index in [2.05, 4.69) is 14.9 Å². The Balaban J connectivity index is 2.07. The van der Waals surface area contributed by atoms with Gasteiger partial charge in [-0.25, -0.2) is 25.9 Å². The first kappa shape index (κ1) is 16.4. The molecule has 1 aromatic rings. The molecule has 1 aromatic heterocycles. The molecule has 120 valence electrons. The van der Waals surface area contributed by atoms with Gasteiger partial charge in [-0.15, -0.1) is 0 Å². The molecule has 2 rings (SSSR count). The largest absolute Gasteiger partial charge is 0.281 e. The lowest BCUT2D eigenvalue weighted by atomic mass is 10.1. The molecule has 0 atom stereocenters. The first-order chi connectivity index (χ1) is 9.61. The number of piperidine rings is 1. The van der Waals surface area contributed by atoms with Crippen LogP contribution in [-0.4, -0.2) is 56.7 Å². The summed E-state index contributed by atoms with van der Waals surface area (Å²) in [7, 11) is -6.85. The molecule has 1 fully saturated rings. The van der Waals surface area contributed by atoms with Crippen molar-refractivity contribution in [1.82, 2.24) is 19.2 Å². The lowest BCUT2D eigenvalue weighted by Crippen LogP contribution is -2.46. The minimum Gasteiger partial charge on any atom is -0.281 e. The maximum atomic E-state index is 12.4. The molecule has 0 amide bonds. The summed E-state index contributed by atoms with van der Waals surface area (Å²) in [6.07, 6.45) is 2.08. The summed E-state index contributed by atoms with van der Waals surface area (Å²) in [6.45, 7) is 3.94. The van der Waals surface area contributed by atoms with Crippen molar-refractivity contribution < 1.29 is 16.8 Å². The molecule has 10 heteroatoms. The third-order valence-electron chi connectivity index (χ3n) is 3.57. The number of nitrogens with one attached hydrogen (secondary N) is 2. The van der Waals surface area contributed by atoms with Crippen molar-refractivity contribution in [3.8, 4) is 0 Å². The maximum absolute atomic E-state index is 12.4. The highest BCUT2D eigenvalue weighted by Gasteiger charge is 2.30. The molecule has 0 aromatic carbocycles. The Hall–Kier alpha value is -0.970. The molecule has 0 bridgehead atoms. The zero-order valence-electron chi connectivity index (χ0n) is 12.2. The van der Waals surface area contributed by atoms with Crippen molar-refractivity contribution >= 4 is 20.0 Å². The molecule has 0 spiro atoms. The molecule has 0 aliphatic carbocycles. The van der Waals surface area contributed by atoms with Crippen LogP contribution in [0.5, 0.6) is 0 Å². The van der Waals surface area contributed by atoms with Crippen molar-refractivity contribution in [2.75, 3.05) is 19.3 Å². The Morgan fingerprint density at radius 3 is 2.19 bits per heavy atom. The van der Waals surface area contributed by atoms with Gasteiger partial charge in [-0.1, -0.05) is 0 Å². The number of sulfonamides is 2. The van der Waals surface area contributed by atoms with Crippen LogP contribution >= 0.6 is 0 Å². The van der Waals surface area contributed by atoms with Crippen molar-refractivity contribution in [2.45, 2.75) is 37.6 Å². The van der Waals surface area contributed by atoms with Gasteiger partial charge in [0, 0.05) is 19.1 Å².